The largest absolute Gasteiger partial charge is 0.434 e. The van der Waals surface area contributed by atoms with Crippen LogP contribution in [0.3, 0.4) is 0 Å². The maximum absolute atomic E-state index is 12.3. The number of para-hydroxylation sites is 1. The van der Waals surface area contributed by atoms with E-state index in [4.69, 9.17) is 4.84 Å². The molecule has 0 heterocycles. The van der Waals surface area contributed by atoms with E-state index in [0.717, 1.165) is 3.57 Å². The zero-order valence-electron chi connectivity index (χ0n) is 13.2. The highest BCUT2D eigenvalue weighted by Crippen LogP contribution is 2.18. The fraction of sp³-hybridized carbons (Fsp3) is 0.176. The third kappa shape index (κ3) is 6.29. The molecule has 0 spiro atoms. The lowest BCUT2D eigenvalue weighted by molar-refractivity contribution is -0.126. The Bertz CT molecular complexity index is 739. The van der Waals surface area contributed by atoms with Crippen molar-refractivity contribution in [1.82, 2.24) is 0 Å². The average Bonchev–Trinajstić information content (AvgIpc) is 2.58. The zero-order valence-corrected chi connectivity index (χ0v) is 15.3. The molecule has 0 saturated heterocycles. The molecule has 0 fully saturated rings. The minimum Gasteiger partial charge on any atom is -0.434 e. The predicted octanol–water partition coefficient (Wildman–Crippen LogP) is 4.27. The first-order chi connectivity index (χ1) is 12.0. The van der Waals surface area contributed by atoms with Crippen molar-refractivity contribution < 1.29 is 23.1 Å². The number of rotatable bonds is 7. The normalized spacial score (nSPS) is 12.2. The number of nitrogens with zero attached hydrogens (tertiary/aromatic N) is 1. The molecule has 0 aromatic heterocycles. The van der Waals surface area contributed by atoms with E-state index in [0.29, 0.717) is 11.3 Å². The number of benzene rings is 2. The van der Waals surface area contributed by atoms with Crippen LogP contribution in [0.15, 0.2) is 53.7 Å². The van der Waals surface area contributed by atoms with Gasteiger partial charge in [0.25, 0.3) is 5.91 Å². The van der Waals surface area contributed by atoms with Gasteiger partial charge in [-0.3, -0.25) is 4.79 Å². The third-order valence-corrected chi connectivity index (χ3v) is 3.75. The molecule has 8 heteroatoms. The molecule has 0 bridgehead atoms. The van der Waals surface area contributed by atoms with Gasteiger partial charge in [0.05, 0.1) is 6.21 Å². The van der Waals surface area contributed by atoms with E-state index in [1.165, 1.54) is 19.2 Å². The molecule has 0 saturated carbocycles. The second kappa shape index (κ2) is 9.30. The number of oxime groups is 1. The first-order valence-corrected chi connectivity index (χ1v) is 8.33. The van der Waals surface area contributed by atoms with Gasteiger partial charge in [0.1, 0.15) is 5.75 Å². The number of carbonyl (C=O) groups excluding carboxylic acids is 1. The number of halogens is 3. The Kier molecular flexibility index (Phi) is 7.11. The highest BCUT2D eigenvalue weighted by molar-refractivity contribution is 14.1. The number of nitrogens with one attached hydrogen (secondary N) is 1. The van der Waals surface area contributed by atoms with E-state index >= 15 is 0 Å². The van der Waals surface area contributed by atoms with Crippen molar-refractivity contribution in [3.63, 3.8) is 0 Å². The van der Waals surface area contributed by atoms with Gasteiger partial charge in [-0.15, -0.1) is 0 Å². The molecule has 0 radical (unpaired) electrons. The van der Waals surface area contributed by atoms with E-state index in [1.54, 1.807) is 30.3 Å². The Morgan fingerprint density at radius 2 is 1.88 bits per heavy atom. The van der Waals surface area contributed by atoms with E-state index in [2.05, 4.69) is 37.8 Å². The molecule has 1 amide bonds. The van der Waals surface area contributed by atoms with Gasteiger partial charge in [-0.25, -0.2) is 0 Å². The van der Waals surface area contributed by atoms with Crippen LogP contribution >= 0.6 is 22.6 Å². The lowest BCUT2D eigenvalue weighted by atomic mass is 10.2. The number of ether oxygens (including phenoxy) is 1. The fourth-order valence-corrected chi connectivity index (χ4v) is 2.15. The van der Waals surface area contributed by atoms with Gasteiger partial charge in [0.2, 0.25) is 6.10 Å². The number of hydrogen-bond donors (Lipinski definition) is 1. The molecule has 2 aromatic carbocycles. The second-order valence-electron chi connectivity index (χ2n) is 4.89. The first kappa shape index (κ1) is 19.1. The predicted molar refractivity (Wildman–Crippen MR) is 99.0 cm³/mol. The summed E-state index contributed by atoms with van der Waals surface area (Å²) in [6, 6.07) is 13.4. The van der Waals surface area contributed by atoms with Crippen molar-refractivity contribution in [1.29, 1.82) is 0 Å². The number of amides is 1. The minimum absolute atomic E-state index is 0.0270. The monoisotopic (exact) mass is 460 g/mol. The molecule has 0 aliphatic rings. The number of hydrogen-bond acceptors (Lipinski definition) is 4. The Morgan fingerprint density at radius 3 is 2.56 bits per heavy atom. The van der Waals surface area contributed by atoms with Crippen molar-refractivity contribution in [2.24, 2.45) is 5.16 Å². The van der Waals surface area contributed by atoms with Gasteiger partial charge >= 0.3 is 6.61 Å². The number of anilines is 1. The molecule has 1 atom stereocenters. The number of carbonyl (C=O) groups is 1. The number of alkyl halides is 2. The van der Waals surface area contributed by atoms with Crippen molar-refractivity contribution in [2.75, 3.05) is 5.32 Å². The highest BCUT2D eigenvalue weighted by Gasteiger charge is 2.14. The molecule has 0 aliphatic carbocycles. The summed E-state index contributed by atoms with van der Waals surface area (Å²) in [5.74, 6) is -0.406. The SMILES string of the molecule is CC(O/N=C/c1ccccc1OC(F)F)C(=O)Nc1ccc(I)cc1. The summed E-state index contributed by atoms with van der Waals surface area (Å²) in [4.78, 5) is 17.1. The zero-order chi connectivity index (χ0) is 18.2. The van der Waals surface area contributed by atoms with Crippen LogP contribution in [0.1, 0.15) is 12.5 Å². The quantitative estimate of drug-likeness (QED) is 0.382. The van der Waals surface area contributed by atoms with Gasteiger partial charge < -0.3 is 14.9 Å². The Hall–Kier alpha value is -2.23. The van der Waals surface area contributed by atoms with Crippen molar-refractivity contribution >= 4 is 40.4 Å². The summed E-state index contributed by atoms with van der Waals surface area (Å²) in [6.45, 7) is -1.41. The van der Waals surface area contributed by atoms with Crippen LogP contribution in [0, 0.1) is 3.57 Å². The van der Waals surface area contributed by atoms with Crippen LogP contribution in [0.4, 0.5) is 14.5 Å². The van der Waals surface area contributed by atoms with Crippen LogP contribution < -0.4 is 10.1 Å². The summed E-state index contributed by atoms with van der Waals surface area (Å²) in [5, 5.41) is 6.36. The van der Waals surface area contributed by atoms with Crippen molar-refractivity contribution in [3.8, 4) is 5.75 Å². The lowest BCUT2D eigenvalue weighted by Crippen LogP contribution is -2.26. The highest BCUT2D eigenvalue weighted by atomic mass is 127. The van der Waals surface area contributed by atoms with Crippen LogP contribution in [-0.2, 0) is 9.63 Å². The lowest BCUT2D eigenvalue weighted by Gasteiger charge is -2.11. The first-order valence-electron chi connectivity index (χ1n) is 7.25. The maximum Gasteiger partial charge on any atom is 0.387 e. The molecule has 2 rings (SSSR count). The molecule has 0 aliphatic heterocycles. The van der Waals surface area contributed by atoms with Gasteiger partial charge in [-0.05, 0) is 65.9 Å². The standard InChI is InChI=1S/C17H15F2IN2O3/c1-11(16(23)22-14-8-6-13(20)7-9-14)25-21-10-12-4-2-3-5-15(12)24-17(18)19/h2-11,17H,1H3,(H,22,23)/b21-10+. The maximum atomic E-state index is 12.3. The fourth-order valence-electron chi connectivity index (χ4n) is 1.79. The summed E-state index contributed by atoms with van der Waals surface area (Å²) in [5.41, 5.74) is 0.952. The smallest absolute Gasteiger partial charge is 0.387 e. The second-order valence-corrected chi connectivity index (χ2v) is 6.14. The van der Waals surface area contributed by atoms with E-state index in [9.17, 15) is 13.6 Å². The van der Waals surface area contributed by atoms with Crippen LogP contribution in [-0.4, -0.2) is 24.8 Å². The molecule has 132 valence electrons. The molecule has 1 N–H and O–H groups in total. The summed E-state index contributed by atoms with van der Waals surface area (Å²) in [7, 11) is 0. The Labute approximate surface area is 157 Å². The average molecular weight is 460 g/mol. The summed E-state index contributed by atoms with van der Waals surface area (Å²) < 4.78 is 30.1. The van der Waals surface area contributed by atoms with Crippen molar-refractivity contribution in [3.05, 3.63) is 57.7 Å². The summed E-state index contributed by atoms with van der Waals surface area (Å²) >= 11 is 2.16. The van der Waals surface area contributed by atoms with Crippen LogP contribution in [0.2, 0.25) is 0 Å². The van der Waals surface area contributed by atoms with Crippen LogP contribution in [0.5, 0.6) is 5.75 Å². The minimum atomic E-state index is -2.94. The van der Waals surface area contributed by atoms with Crippen LogP contribution in [0.25, 0.3) is 0 Å². The van der Waals surface area contributed by atoms with Gasteiger partial charge in [0, 0.05) is 14.8 Å². The van der Waals surface area contributed by atoms with Gasteiger partial charge in [-0.2, -0.15) is 8.78 Å². The molecule has 25 heavy (non-hydrogen) atoms. The van der Waals surface area contributed by atoms with E-state index in [1.807, 2.05) is 12.1 Å². The third-order valence-electron chi connectivity index (χ3n) is 3.03. The summed E-state index contributed by atoms with van der Waals surface area (Å²) in [6.07, 6.45) is 0.352. The Morgan fingerprint density at radius 1 is 1.20 bits per heavy atom. The molecule has 5 nitrogen and oxygen atoms in total. The van der Waals surface area contributed by atoms with E-state index in [-0.39, 0.29) is 11.7 Å². The van der Waals surface area contributed by atoms with E-state index < -0.39 is 12.7 Å². The van der Waals surface area contributed by atoms with Gasteiger partial charge in [-0.1, -0.05) is 17.3 Å². The molecular weight excluding hydrogens is 445 g/mol. The molecule has 1 unspecified atom stereocenters. The molecular formula is C17H15F2IN2O3. The topological polar surface area (TPSA) is 59.9 Å². The molecule has 2 aromatic rings. The Balaban J connectivity index is 1.92. The van der Waals surface area contributed by atoms with Crippen molar-refractivity contribution in [2.45, 2.75) is 19.6 Å². The van der Waals surface area contributed by atoms with Gasteiger partial charge in [0.15, 0.2) is 0 Å².